The van der Waals surface area contributed by atoms with Crippen LogP contribution in [-0.4, -0.2) is 46.4 Å². The number of benzene rings is 1. The van der Waals surface area contributed by atoms with Crippen molar-refractivity contribution in [1.82, 2.24) is 9.88 Å². The number of hydrogen-bond acceptors (Lipinski definition) is 6. The molecule has 1 aromatic carbocycles. The Kier molecular flexibility index (Phi) is 6.61. The minimum absolute atomic E-state index is 0.0399. The summed E-state index contributed by atoms with van der Waals surface area (Å²) in [4.78, 5) is 36.1. The van der Waals surface area contributed by atoms with Crippen molar-refractivity contribution < 1.29 is 14.3 Å². The van der Waals surface area contributed by atoms with E-state index in [0.29, 0.717) is 46.3 Å². The molecule has 2 aromatic rings. The summed E-state index contributed by atoms with van der Waals surface area (Å²) in [7, 11) is 0. The molecule has 0 radical (unpaired) electrons. The minimum Gasteiger partial charge on any atom is -0.378 e. The number of carbonyl (C=O) groups excluding carboxylic acids is 2. The maximum Gasteiger partial charge on any atom is 0.257 e. The molecule has 2 aliphatic rings. The number of guanidine groups is 1. The maximum atomic E-state index is 13.2. The van der Waals surface area contributed by atoms with Gasteiger partial charge < -0.3 is 15.8 Å². The van der Waals surface area contributed by atoms with Gasteiger partial charge in [0.05, 0.1) is 39.4 Å². The molecular formula is C23H25Cl2N5O3. The first-order valence-electron chi connectivity index (χ1n) is 10.7. The smallest absolute Gasteiger partial charge is 0.257 e. The van der Waals surface area contributed by atoms with Crippen molar-refractivity contribution >= 4 is 46.7 Å². The largest absolute Gasteiger partial charge is 0.378 e. The fourth-order valence-corrected chi connectivity index (χ4v) is 4.93. The number of aromatic nitrogens is 1. The van der Waals surface area contributed by atoms with E-state index in [-0.39, 0.29) is 30.4 Å². The van der Waals surface area contributed by atoms with E-state index in [9.17, 15) is 9.59 Å². The van der Waals surface area contributed by atoms with Gasteiger partial charge >= 0.3 is 0 Å². The zero-order chi connectivity index (χ0) is 23.8. The van der Waals surface area contributed by atoms with Crippen LogP contribution in [0, 0.1) is 0 Å². The highest BCUT2D eigenvalue weighted by molar-refractivity contribution is 6.35. The van der Waals surface area contributed by atoms with Crippen LogP contribution in [0.3, 0.4) is 0 Å². The van der Waals surface area contributed by atoms with Crippen LogP contribution in [-0.2, 0) is 15.1 Å². The average molecular weight is 490 g/mol. The van der Waals surface area contributed by atoms with Gasteiger partial charge in [-0.25, -0.2) is 4.99 Å². The van der Waals surface area contributed by atoms with Gasteiger partial charge in [0.1, 0.15) is 0 Å². The fourth-order valence-electron chi connectivity index (χ4n) is 4.38. The highest BCUT2D eigenvalue weighted by Crippen LogP contribution is 2.41. The van der Waals surface area contributed by atoms with Crippen LogP contribution in [0.2, 0.25) is 10.0 Å². The summed E-state index contributed by atoms with van der Waals surface area (Å²) in [5, 5.41) is 3.42. The summed E-state index contributed by atoms with van der Waals surface area (Å²) in [6, 6.07) is 6.69. The minimum atomic E-state index is -0.968. The lowest BCUT2D eigenvalue weighted by Gasteiger charge is -2.41. The van der Waals surface area contributed by atoms with E-state index in [4.69, 9.17) is 38.7 Å². The second-order valence-electron chi connectivity index (χ2n) is 8.56. The molecule has 0 unspecified atom stereocenters. The first-order chi connectivity index (χ1) is 15.7. The van der Waals surface area contributed by atoms with E-state index < -0.39 is 11.4 Å². The molecule has 3 atom stereocenters. The Labute approximate surface area is 202 Å². The number of nitrogens with two attached hydrogens (primary N) is 1. The summed E-state index contributed by atoms with van der Waals surface area (Å²) >= 11 is 12.6. The molecule has 10 heteroatoms. The van der Waals surface area contributed by atoms with Crippen molar-refractivity contribution in [3.8, 4) is 0 Å². The third-order valence-corrected chi connectivity index (χ3v) is 6.60. The average Bonchev–Trinajstić information content (AvgIpc) is 2.74. The molecule has 2 aliphatic heterocycles. The summed E-state index contributed by atoms with van der Waals surface area (Å²) in [5.74, 6) is -0.347. The highest BCUT2D eigenvalue weighted by Gasteiger charge is 2.42. The van der Waals surface area contributed by atoms with E-state index in [2.05, 4.69) is 10.3 Å². The summed E-state index contributed by atoms with van der Waals surface area (Å²) < 4.78 is 5.60. The van der Waals surface area contributed by atoms with Gasteiger partial charge in [0, 0.05) is 30.6 Å². The van der Waals surface area contributed by atoms with Crippen LogP contribution in [0.4, 0.5) is 5.69 Å². The van der Waals surface area contributed by atoms with Crippen LogP contribution in [0.15, 0.2) is 41.7 Å². The zero-order valence-corrected chi connectivity index (χ0v) is 19.9. The normalized spacial score (nSPS) is 25.5. The van der Waals surface area contributed by atoms with Crippen molar-refractivity contribution in [2.75, 3.05) is 11.9 Å². The van der Waals surface area contributed by atoms with Gasteiger partial charge in [-0.3, -0.25) is 19.5 Å². The first-order valence-corrected chi connectivity index (χ1v) is 11.4. The van der Waals surface area contributed by atoms with Gasteiger partial charge in [0.2, 0.25) is 5.91 Å². The van der Waals surface area contributed by atoms with Crippen molar-refractivity contribution in [3.63, 3.8) is 0 Å². The predicted molar refractivity (Wildman–Crippen MR) is 128 cm³/mol. The topological polar surface area (TPSA) is 110 Å². The van der Waals surface area contributed by atoms with Crippen molar-refractivity contribution in [3.05, 3.63) is 57.8 Å². The van der Waals surface area contributed by atoms with Crippen molar-refractivity contribution in [2.24, 2.45) is 10.7 Å². The standard InChI is InChI=1S/C23H25Cl2N5O3/c1-13-8-16(6-7-33-13)30-19(31)10-23(2,29-22(30)26)17-4-3-5-18(20(17)25)28-21(32)14-9-15(24)12-27-11-14/h3-5,9,11-13,16H,6-8,10H2,1-2H3,(H2,26,29)(H,28,32)/t13-,16-,23+/m1/s1. The molecule has 0 spiro atoms. The van der Waals surface area contributed by atoms with Gasteiger partial charge in [-0.2, -0.15) is 0 Å². The molecule has 33 heavy (non-hydrogen) atoms. The number of hydrogen-bond donors (Lipinski definition) is 2. The number of aliphatic imine (C=N–C) groups is 1. The lowest BCUT2D eigenvalue weighted by atomic mass is 9.86. The second-order valence-corrected chi connectivity index (χ2v) is 9.37. The number of nitrogens with zero attached hydrogens (tertiary/aromatic N) is 3. The van der Waals surface area contributed by atoms with Gasteiger partial charge in [-0.1, -0.05) is 35.3 Å². The van der Waals surface area contributed by atoms with Crippen LogP contribution < -0.4 is 11.1 Å². The molecule has 4 rings (SSSR count). The SMILES string of the molecule is C[C@@H]1C[C@H](N2C(=O)C[C@@](C)(c3cccc(NC(=O)c4cncc(Cl)c4)c3Cl)N=C2N)CCO1. The molecule has 3 heterocycles. The van der Waals surface area contributed by atoms with Crippen LogP contribution >= 0.6 is 23.2 Å². The van der Waals surface area contributed by atoms with E-state index in [1.54, 1.807) is 23.1 Å². The molecule has 174 valence electrons. The highest BCUT2D eigenvalue weighted by atomic mass is 35.5. The molecule has 3 N–H and O–H groups in total. The number of carbonyl (C=O) groups is 2. The molecule has 1 saturated heterocycles. The fraction of sp³-hybridized carbons (Fsp3) is 0.391. The third-order valence-electron chi connectivity index (χ3n) is 5.99. The Morgan fingerprint density at radius 3 is 2.82 bits per heavy atom. The summed E-state index contributed by atoms with van der Waals surface area (Å²) in [6.45, 7) is 4.38. The van der Waals surface area contributed by atoms with E-state index in [1.807, 2.05) is 13.8 Å². The number of halogens is 2. The summed E-state index contributed by atoms with van der Waals surface area (Å²) in [5.41, 5.74) is 6.62. The van der Waals surface area contributed by atoms with Crippen LogP contribution in [0.1, 0.15) is 49.0 Å². The van der Waals surface area contributed by atoms with Crippen LogP contribution in [0.5, 0.6) is 0 Å². The van der Waals surface area contributed by atoms with Gasteiger partial charge in [-0.05, 0) is 38.8 Å². The lowest BCUT2D eigenvalue weighted by Crippen LogP contribution is -2.56. The number of anilines is 1. The van der Waals surface area contributed by atoms with Crippen molar-refractivity contribution in [1.29, 1.82) is 0 Å². The Hall–Kier alpha value is -2.68. The van der Waals surface area contributed by atoms with E-state index in [0.717, 1.165) is 0 Å². The molecular weight excluding hydrogens is 465 g/mol. The Bertz CT molecular complexity index is 1130. The quantitative estimate of drug-likeness (QED) is 0.674. The Morgan fingerprint density at radius 1 is 1.33 bits per heavy atom. The molecule has 2 amide bonds. The first kappa shape index (κ1) is 23.5. The lowest BCUT2D eigenvalue weighted by molar-refractivity contribution is -0.133. The number of ether oxygens (including phenoxy) is 1. The zero-order valence-electron chi connectivity index (χ0n) is 18.3. The number of amides is 2. The van der Waals surface area contributed by atoms with Gasteiger partial charge in [-0.15, -0.1) is 0 Å². The Morgan fingerprint density at radius 2 is 2.12 bits per heavy atom. The van der Waals surface area contributed by atoms with Crippen molar-refractivity contribution in [2.45, 2.75) is 50.8 Å². The van der Waals surface area contributed by atoms with Gasteiger partial charge in [0.15, 0.2) is 5.96 Å². The molecule has 0 aliphatic carbocycles. The maximum absolute atomic E-state index is 13.2. The summed E-state index contributed by atoms with van der Waals surface area (Å²) in [6.07, 6.45) is 4.44. The van der Waals surface area contributed by atoms with E-state index >= 15 is 0 Å². The third kappa shape index (κ3) is 4.83. The number of nitrogens with one attached hydrogen (secondary N) is 1. The molecule has 0 saturated carbocycles. The number of rotatable bonds is 4. The predicted octanol–water partition coefficient (Wildman–Crippen LogP) is 3.97. The number of pyridine rings is 1. The van der Waals surface area contributed by atoms with Gasteiger partial charge in [0.25, 0.3) is 5.91 Å². The van der Waals surface area contributed by atoms with Crippen LogP contribution in [0.25, 0.3) is 0 Å². The molecule has 0 bridgehead atoms. The molecule has 8 nitrogen and oxygen atoms in total. The molecule has 1 aromatic heterocycles. The monoisotopic (exact) mass is 489 g/mol. The Balaban J connectivity index is 1.61. The molecule has 1 fully saturated rings. The second kappa shape index (κ2) is 9.29. The van der Waals surface area contributed by atoms with E-state index in [1.165, 1.54) is 18.5 Å².